The highest BCUT2D eigenvalue weighted by molar-refractivity contribution is 6.20. The van der Waals surface area contributed by atoms with Crippen LogP contribution in [0.15, 0.2) is 0 Å². The molecule has 3 unspecified atom stereocenters. The Bertz CT molecular complexity index is 2950. The highest BCUT2D eigenvalue weighted by Gasteiger charge is 2.57. The van der Waals surface area contributed by atoms with E-state index in [1.807, 2.05) is 13.8 Å². The van der Waals surface area contributed by atoms with Gasteiger partial charge in [0.1, 0.15) is 53.9 Å². The van der Waals surface area contributed by atoms with Gasteiger partial charge < -0.3 is 55.1 Å². The fourth-order valence-electron chi connectivity index (χ4n) is 15.3. The van der Waals surface area contributed by atoms with Gasteiger partial charge in [-0.15, -0.1) is 11.6 Å². The SMILES string of the molecule is CC[C@H](C)[C@@H]1NC(=O)[C@H](CC(C)C)N(C)C(=O)C[C@@H](C)N(C)C(=O)[C@H]([C@@H](C)CC)N(C)C(=O)C2(CCC2)NC(=O)[C@@H]2CC(F)(F)CN2C(=O)[C@H](CCC2CCC(C(F)(F)F)C(Cl)C2)NC(=O)CN(C)C(=O)[C@H](CC2CCC(C(F)(F)F)CC2)N(CC)C(=O)[C@@H]2CCN2C(=O)[C@H](C)N(C)C1=O. The van der Waals surface area contributed by atoms with Crippen molar-refractivity contribution in [2.45, 2.75) is 268 Å². The Morgan fingerprint density at radius 1 is 0.620 bits per heavy atom. The number of likely N-dealkylation sites (N-methyl/N-ethyl adjacent to an activating group) is 6. The second kappa shape index (κ2) is 34.0. The van der Waals surface area contributed by atoms with Gasteiger partial charge in [-0.25, -0.2) is 8.78 Å². The summed E-state index contributed by atoms with van der Waals surface area (Å²) in [5.41, 5.74) is -1.77. The van der Waals surface area contributed by atoms with Gasteiger partial charge in [0.25, 0.3) is 5.92 Å². The van der Waals surface area contributed by atoms with Crippen molar-refractivity contribution in [1.29, 1.82) is 0 Å². The molecule has 568 valence electrons. The Hall–Kier alpha value is -6.10. The largest absolute Gasteiger partial charge is 0.393 e. The molecule has 14 atom stereocenters. The van der Waals surface area contributed by atoms with Crippen LogP contribution in [0.25, 0.3) is 0 Å². The minimum Gasteiger partial charge on any atom is -0.343 e. The van der Waals surface area contributed by atoms with Gasteiger partial charge in [-0.3, -0.25) is 52.7 Å². The molecule has 31 heteroatoms. The number of halogens is 9. The molecule has 1 spiro atoms. The molecule has 3 aliphatic heterocycles. The quantitative estimate of drug-likeness (QED) is 0.127. The maximum absolute atomic E-state index is 16.0. The molecule has 0 bridgehead atoms. The molecule has 0 radical (unpaired) electrons. The predicted octanol–water partition coefficient (Wildman–Crippen LogP) is 7.52. The number of nitrogens with one attached hydrogen (secondary N) is 3. The lowest BCUT2D eigenvalue weighted by molar-refractivity contribution is -0.184. The summed E-state index contributed by atoms with van der Waals surface area (Å²) < 4.78 is 116. The first kappa shape index (κ1) is 82.9. The second-order valence-electron chi connectivity index (χ2n) is 30.1. The zero-order chi connectivity index (χ0) is 75.2. The minimum absolute atomic E-state index is 0.00689. The van der Waals surface area contributed by atoms with Crippen molar-refractivity contribution in [2.24, 2.45) is 41.4 Å². The molecule has 6 fully saturated rings. The number of carbonyl (C=O) groups excluding carboxylic acids is 11. The van der Waals surface area contributed by atoms with Gasteiger partial charge in [0.2, 0.25) is 65.0 Å². The van der Waals surface area contributed by atoms with Crippen molar-refractivity contribution >= 4 is 76.6 Å². The van der Waals surface area contributed by atoms with Crippen LogP contribution in [0.3, 0.4) is 0 Å². The number of rotatable bonds is 12. The molecule has 3 N–H and O–H groups in total. The van der Waals surface area contributed by atoms with E-state index in [0.717, 1.165) is 9.80 Å². The third-order valence-corrected chi connectivity index (χ3v) is 23.2. The molecule has 6 rings (SSSR count). The monoisotopic (exact) mass is 1450 g/mol. The van der Waals surface area contributed by atoms with Crippen LogP contribution in [-0.2, 0) is 52.7 Å². The van der Waals surface area contributed by atoms with Crippen molar-refractivity contribution in [3.05, 3.63) is 0 Å². The van der Waals surface area contributed by atoms with Gasteiger partial charge in [0.05, 0.1) is 24.9 Å². The van der Waals surface area contributed by atoms with Crippen molar-refractivity contribution in [1.82, 2.24) is 55.1 Å². The highest BCUT2D eigenvalue weighted by atomic mass is 35.5. The summed E-state index contributed by atoms with van der Waals surface area (Å²) in [7, 11) is 6.82. The topological polar surface area (TPSA) is 250 Å². The summed E-state index contributed by atoms with van der Waals surface area (Å²) in [5.74, 6) is -18.5. The van der Waals surface area contributed by atoms with E-state index in [9.17, 15) is 59.9 Å². The Morgan fingerprint density at radius 2 is 1.23 bits per heavy atom. The Labute approximate surface area is 588 Å². The maximum Gasteiger partial charge on any atom is 0.393 e. The first-order chi connectivity index (χ1) is 46.4. The minimum atomic E-state index is -4.62. The average Bonchev–Trinajstić information content (AvgIpc) is 1.36. The first-order valence-electron chi connectivity index (χ1n) is 35.8. The van der Waals surface area contributed by atoms with E-state index in [2.05, 4.69) is 16.0 Å². The normalized spacial score (nSPS) is 32.3. The Kier molecular flexibility index (Phi) is 28.2. The zero-order valence-electron chi connectivity index (χ0n) is 60.5. The summed E-state index contributed by atoms with van der Waals surface area (Å²) >= 11 is 6.31. The third kappa shape index (κ3) is 19.4. The molecule has 11 amide bonds. The number of nitrogens with zero attached hydrogens (tertiary/aromatic N) is 8. The molecular weight excluding hydrogens is 1350 g/mol. The summed E-state index contributed by atoms with van der Waals surface area (Å²) in [6.07, 6.45) is -11.1. The number of hydrogen-bond acceptors (Lipinski definition) is 11. The summed E-state index contributed by atoms with van der Waals surface area (Å²) in [4.78, 5) is 172. The fraction of sp³-hybridized carbons (Fsp3) is 0.841. The van der Waals surface area contributed by atoms with E-state index in [-0.39, 0.29) is 115 Å². The number of hydrogen-bond donors (Lipinski definition) is 3. The number of amides is 11. The smallest absolute Gasteiger partial charge is 0.343 e. The van der Waals surface area contributed by atoms with E-state index >= 15 is 28.0 Å². The average molecular weight is 1460 g/mol. The highest BCUT2D eigenvalue weighted by Crippen LogP contribution is 2.45. The van der Waals surface area contributed by atoms with E-state index < -0.39 is 204 Å². The number of carbonyl (C=O) groups is 11. The van der Waals surface area contributed by atoms with E-state index in [1.54, 1.807) is 41.5 Å². The van der Waals surface area contributed by atoms with Gasteiger partial charge in [0.15, 0.2) is 0 Å². The molecular formula is C69H108ClF8N11O11. The lowest BCUT2D eigenvalue weighted by Crippen LogP contribution is -2.68. The van der Waals surface area contributed by atoms with E-state index in [0.29, 0.717) is 24.2 Å². The Balaban J connectivity index is 1.42. The molecule has 3 saturated heterocycles. The maximum atomic E-state index is 16.0. The number of fused-ring (bicyclic) bond motifs is 2. The van der Waals surface area contributed by atoms with Crippen LogP contribution in [0.5, 0.6) is 0 Å². The third-order valence-electron chi connectivity index (χ3n) is 22.7. The molecule has 0 aromatic carbocycles. The lowest BCUT2D eigenvalue weighted by Gasteiger charge is -2.46. The summed E-state index contributed by atoms with van der Waals surface area (Å²) in [6.45, 7) is 13.0. The zero-order valence-corrected chi connectivity index (χ0v) is 61.3. The van der Waals surface area contributed by atoms with Crippen LogP contribution in [0.4, 0.5) is 35.1 Å². The second-order valence-corrected chi connectivity index (χ2v) is 30.6. The standard InChI is InChI=1S/C69H108ClF8N11O11/c1-15-39(6)55-63(98)84(12)42(9)59(94)88-30-27-49(88)62(97)87(17-3)51(34-44-19-23-45(24-20-44)68(73,74)75)61(96)82(10)36-53(90)79-48(26-22-43-21-25-46(47(70)33-43)69(76,77)78)60(95)89-37-67(71,72)35-52(89)58(93)81-66(28-18-29-66)65(100)86(14)56(40(7)16-2)64(99)83(11)41(8)32-54(91)85(13)50(31-38(4)5)57(92)80-55/h38-52,55-56H,15-37H2,1-14H3,(H,79,90)(H,80,92)(H,81,93)/t39-,40-,41+,42-,43?,44?,45?,46?,47?,48-,49-,50-,51-,52-,55-,56-/m0/s1. The van der Waals surface area contributed by atoms with Crippen LogP contribution in [0.2, 0.25) is 0 Å². The van der Waals surface area contributed by atoms with Gasteiger partial charge in [-0.1, -0.05) is 54.4 Å². The van der Waals surface area contributed by atoms with Gasteiger partial charge >= 0.3 is 12.4 Å². The lowest BCUT2D eigenvalue weighted by atomic mass is 9.74. The molecule has 0 aromatic rings. The molecule has 0 aromatic heterocycles. The van der Waals surface area contributed by atoms with Gasteiger partial charge in [-0.05, 0) is 147 Å². The predicted molar refractivity (Wildman–Crippen MR) is 355 cm³/mol. The molecule has 3 saturated carbocycles. The van der Waals surface area contributed by atoms with Crippen LogP contribution < -0.4 is 16.0 Å². The van der Waals surface area contributed by atoms with Crippen LogP contribution in [0, 0.1) is 41.4 Å². The molecule has 6 aliphatic rings. The first-order valence-corrected chi connectivity index (χ1v) is 36.2. The van der Waals surface area contributed by atoms with E-state index in [4.69, 9.17) is 11.6 Å². The van der Waals surface area contributed by atoms with Gasteiger partial charge in [-0.2, -0.15) is 26.3 Å². The molecule has 100 heavy (non-hydrogen) atoms. The van der Waals surface area contributed by atoms with Crippen LogP contribution >= 0.6 is 11.6 Å². The van der Waals surface area contributed by atoms with Crippen molar-refractivity contribution < 1.29 is 87.9 Å². The molecule has 22 nitrogen and oxygen atoms in total. The fourth-order valence-corrected chi connectivity index (χ4v) is 15.8. The van der Waals surface area contributed by atoms with Gasteiger partial charge in [0, 0.05) is 72.6 Å². The van der Waals surface area contributed by atoms with E-state index in [1.165, 1.54) is 66.7 Å². The number of alkyl halides is 9. The van der Waals surface area contributed by atoms with Crippen molar-refractivity contribution in [3.63, 3.8) is 0 Å². The Morgan fingerprint density at radius 3 is 1.75 bits per heavy atom. The summed E-state index contributed by atoms with van der Waals surface area (Å²) in [6, 6.07) is -12.1. The van der Waals surface area contributed by atoms with Crippen LogP contribution in [-0.4, -0.2) is 249 Å². The van der Waals surface area contributed by atoms with Crippen molar-refractivity contribution in [2.75, 3.05) is 61.4 Å². The molecule has 3 heterocycles. The molecule has 3 aliphatic carbocycles. The van der Waals surface area contributed by atoms with Crippen molar-refractivity contribution in [3.8, 4) is 0 Å². The summed E-state index contributed by atoms with van der Waals surface area (Å²) in [5, 5.41) is 6.73. The van der Waals surface area contributed by atoms with Crippen LogP contribution in [0.1, 0.15) is 184 Å².